The highest BCUT2D eigenvalue weighted by Gasteiger charge is 2.20. The molecule has 0 saturated carbocycles. The number of fused-ring (bicyclic) bond motifs is 1. The number of para-hydroxylation sites is 2. The van der Waals surface area contributed by atoms with E-state index in [9.17, 15) is 0 Å². The summed E-state index contributed by atoms with van der Waals surface area (Å²) in [5.41, 5.74) is 2.52. The smallest absolute Gasteiger partial charge is 0.183 e. The van der Waals surface area contributed by atoms with Gasteiger partial charge in [-0.2, -0.15) is 0 Å². The molecule has 0 spiro atoms. The third kappa shape index (κ3) is 4.19. The van der Waals surface area contributed by atoms with E-state index in [1.54, 1.807) is 0 Å². The summed E-state index contributed by atoms with van der Waals surface area (Å²) in [5.74, 6) is 0. The molecule has 2 aromatic rings. The molecule has 2 aliphatic heterocycles. The Morgan fingerprint density at radius 2 is 1.00 bits per heavy atom. The first-order chi connectivity index (χ1) is 13.7. The fourth-order valence-corrected chi connectivity index (χ4v) is 4.75. The van der Waals surface area contributed by atoms with Gasteiger partial charge in [-0.1, -0.05) is 26.0 Å². The normalized spacial score (nSPS) is 20.9. The molecular formula is C21H34N6S. The van der Waals surface area contributed by atoms with Crippen molar-refractivity contribution in [3.8, 4) is 0 Å². The number of hydrogen-bond acceptors (Lipinski definition) is 5. The molecule has 154 valence electrons. The van der Waals surface area contributed by atoms with Crippen LogP contribution in [0.25, 0.3) is 11.0 Å². The summed E-state index contributed by atoms with van der Waals surface area (Å²) in [6.45, 7) is 17.7. The largest absolute Gasteiger partial charge is 0.303 e. The monoisotopic (exact) mass is 402 g/mol. The lowest BCUT2D eigenvalue weighted by atomic mass is 10.3. The van der Waals surface area contributed by atoms with Gasteiger partial charge in [0.25, 0.3) is 0 Å². The molecule has 0 atom stereocenters. The first-order valence-corrected chi connectivity index (χ1v) is 11.2. The zero-order chi connectivity index (χ0) is 19.5. The summed E-state index contributed by atoms with van der Waals surface area (Å²) >= 11 is 5.97. The van der Waals surface area contributed by atoms with Crippen molar-refractivity contribution in [2.75, 3.05) is 65.4 Å². The van der Waals surface area contributed by atoms with E-state index in [0.29, 0.717) is 0 Å². The molecule has 2 aliphatic rings. The quantitative estimate of drug-likeness (QED) is 0.690. The minimum absolute atomic E-state index is 0.896. The molecule has 0 bridgehead atoms. The van der Waals surface area contributed by atoms with Crippen molar-refractivity contribution in [1.82, 2.24) is 28.7 Å². The highest BCUT2D eigenvalue weighted by molar-refractivity contribution is 7.71. The van der Waals surface area contributed by atoms with Gasteiger partial charge in [0.05, 0.1) is 24.4 Å². The van der Waals surface area contributed by atoms with Crippen LogP contribution in [0.4, 0.5) is 0 Å². The number of benzene rings is 1. The Morgan fingerprint density at radius 3 is 1.36 bits per heavy atom. The van der Waals surface area contributed by atoms with Gasteiger partial charge in [0, 0.05) is 52.4 Å². The molecule has 2 saturated heterocycles. The lowest BCUT2D eigenvalue weighted by molar-refractivity contribution is 0.106. The molecule has 0 radical (unpaired) electrons. The van der Waals surface area contributed by atoms with Gasteiger partial charge >= 0.3 is 0 Å². The fraction of sp³-hybridized carbons (Fsp3) is 0.667. The van der Waals surface area contributed by atoms with E-state index in [4.69, 9.17) is 12.2 Å². The predicted octanol–water partition coefficient (Wildman–Crippen LogP) is 2.36. The van der Waals surface area contributed by atoms with Gasteiger partial charge in [0.2, 0.25) is 0 Å². The maximum Gasteiger partial charge on any atom is 0.183 e. The maximum absolute atomic E-state index is 5.97. The zero-order valence-corrected chi connectivity index (χ0v) is 18.2. The van der Waals surface area contributed by atoms with E-state index in [2.05, 4.69) is 66.8 Å². The minimum Gasteiger partial charge on any atom is -0.303 e. The predicted molar refractivity (Wildman–Crippen MR) is 118 cm³/mol. The van der Waals surface area contributed by atoms with Crippen LogP contribution in [0.15, 0.2) is 24.3 Å². The van der Waals surface area contributed by atoms with E-state index >= 15 is 0 Å². The highest BCUT2D eigenvalue weighted by Crippen LogP contribution is 2.20. The topological polar surface area (TPSA) is 22.8 Å². The van der Waals surface area contributed by atoms with Crippen LogP contribution in [0.3, 0.4) is 0 Å². The lowest BCUT2D eigenvalue weighted by Crippen LogP contribution is -2.46. The Bertz CT molecular complexity index is 761. The summed E-state index contributed by atoms with van der Waals surface area (Å²) in [6.07, 6.45) is 0. The molecule has 1 aromatic carbocycles. The van der Waals surface area contributed by atoms with Crippen LogP contribution in [0, 0.1) is 4.77 Å². The Morgan fingerprint density at radius 1 is 0.643 bits per heavy atom. The second-order valence-electron chi connectivity index (χ2n) is 8.01. The van der Waals surface area contributed by atoms with Crippen LogP contribution >= 0.6 is 12.2 Å². The van der Waals surface area contributed by atoms with Gasteiger partial charge in [0.1, 0.15) is 0 Å². The van der Waals surface area contributed by atoms with Crippen molar-refractivity contribution < 1.29 is 0 Å². The second kappa shape index (κ2) is 9.05. The molecule has 1 aromatic heterocycles. The number of rotatable bonds is 6. The Labute approximate surface area is 173 Å². The first-order valence-electron chi connectivity index (χ1n) is 10.8. The number of nitrogens with zero attached hydrogens (tertiary/aromatic N) is 6. The fourth-order valence-electron chi connectivity index (χ4n) is 4.44. The summed E-state index contributed by atoms with van der Waals surface area (Å²) in [5, 5.41) is 0. The van der Waals surface area contributed by atoms with Crippen molar-refractivity contribution in [2.45, 2.75) is 27.2 Å². The van der Waals surface area contributed by atoms with E-state index in [0.717, 1.165) is 83.6 Å². The summed E-state index contributed by atoms with van der Waals surface area (Å²) in [4.78, 5) is 10.1. The third-order valence-corrected chi connectivity index (χ3v) is 6.87. The Balaban J connectivity index is 1.53. The average molecular weight is 403 g/mol. The van der Waals surface area contributed by atoms with E-state index < -0.39 is 0 Å². The standard InChI is InChI=1S/C21H34N6S/c1-3-22-9-13-24(14-10-22)17-26-19-7-5-6-8-20(19)27(21(26)28)18-25-15-11-23(4-2)12-16-25/h5-8H,3-4,9-18H2,1-2H3. The van der Waals surface area contributed by atoms with E-state index in [1.807, 2.05) is 0 Å². The molecule has 0 amide bonds. The zero-order valence-electron chi connectivity index (χ0n) is 17.4. The number of imidazole rings is 1. The van der Waals surface area contributed by atoms with Gasteiger partial charge in [-0.25, -0.2) is 0 Å². The van der Waals surface area contributed by atoms with E-state index in [1.165, 1.54) is 11.0 Å². The number of hydrogen-bond donors (Lipinski definition) is 0. The number of aromatic nitrogens is 2. The summed E-state index contributed by atoms with van der Waals surface area (Å²) < 4.78 is 5.64. The van der Waals surface area contributed by atoms with Crippen LogP contribution in [-0.4, -0.2) is 94.2 Å². The molecule has 0 N–H and O–H groups in total. The van der Waals surface area contributed by atoms with Gasteiger partial charge in [-0.3, -0.25) is 9.80 Å². The second-order valence-corrected chi connectivity index (χ2v) is 8.38. The molecule has 7 heteroatoms. The third-order valence-electron chi connectivity index (χ3n) is 6.43. The number of likely N-dealkylation sites (N-methyl/N-ethyl adjacent to an activating group) is 2. The van der Waals surface area contributed by atoms with Crippen LogP contribution in [0.2, 0.25) is 0 Å². The highest BCUT2D eigenvalue weighted by atomic mass is 32.1. The van der Waals surface area contributed by atoms with Crippen LogP contribution in [0.1, 0.15) is 13.8 Å². The molecular weight excluding hydrogens is 368 g/mol. The average Bonchev–Trinajstić information content (AvgIpc) is 3.01. The van der Waals surface area contributed by atoms with E-state index in [-0.39, 0.29) is 0 Å². The van der Waals surface area contributed by atoms with Crippen molar-refractivity contribution >= 4 is 23.3 Å². The van der Waals surface area contributed by atoms with Crippen molar-refractivity contribution in [1.29, 1.82) is 0 Å². The summed E-state index contributed by atoms with van der Waals surface area (Å²) in [7, 11) is 0. The first kappa shape index (κ1) is 20.0. The molecule has 0 aliphatic carbocycles. The van der Waals surface area contributed by atoms with Gasteiger partial charge in [-0.05, 0) is 37.4 Å². The molecule has 4 rings (SSSR count). The summed E-state index contributed by atoms with van der Waals surface area (Å²) in [6, 6.07) is 8.71. The molecule has 2 fully saturated rings. The molecule has 28 heavy (non-hydrogen) atoms. The minimum atomic E-state index is 0.896. The van der Waals surface area contributed by atoms with Crippen molar-refractivity contribution in [3.63, 3.8) is 0 Å². The molecule has 3 heterocycles. The lowest BCUT2D eigenvalue weighted by Gasteiger charge is -2.34. The van der Waals surface area contributed by atoms with Crippen LogP contribution in [-0.2, 0) is 13.3 Å². The van der Waals surface area contributed by atoms with Gasteiger partial charge in [0.15, 0.2) is 4.77 Å². The molecule has 6 nitrogen and oxygen atoms in total. The van der Waals surface area contributed by atoms with Crippen molar-refractivity contribution in [3.05, 3.63) is 29.0 Å². The van der Waals surface area contributed by atoms with Crippen molar-refractivity contribution in [2.24, 2.45) is 0 Å². The maximum atomic E-state index is 5.97. The Kier molecular flexibility index (Phi) is 6.48. The number of piperazine rings is 2. The van der Waals surface area contributed by atoms with Gasteiger partial charge in [-0.15, -0.1) is 0 Å². The van der Waals surface area contributed by atoms with Gasteiger partial charge < -0.3 is 18.9 Å². The Hall–Kier alpha value is -1.25. The van der Waals surface area contributed by atoms with Crippen LogP contribution < -0.4 is 0 Å². The molecule has 0 unspecified atom stereocenters. The van der Waals surface area contributed by atoms with Crippen LogP contribution in [0.5, 0.6) is 0 Å². The SMILES string of the molecule is CCN1CCN(Cn2c(=S)n(CN3CCN(CC)CC3)c3ccccc32)CC1.